The molecule has 11 heteroatoms. The third kappa shape index (κ3) is 5.80. The zero-order chi connectivity index (χ0) is 19.3. The molecule has 0 radical (unpaired) electrons. The van der Waals surface area contributed by atoms with Crippen molar-refractivity contribution in [1.82, 2.24) is 9.78 Å². The van der Waals surface area contributed by atoms with E-state index in [-0.39, 0.29) is 29.0 Å². The monoisotopic (exact) mass is 409 g/mol. The van der Waals surface area contributed by atoms with Gasteiger partial charge >= 0.3 is 6.18 Å². The molecule has 0 aliphatic carbocycles. The molecule has 26 heavy (non-hydrogen) atoms. The van der Waals surface area contributed by atoms with Crippen molar-refractivity contribution >= 4 is 35.0 Å². The lowest BCUT2D eigenvalue weighted by molar-refractivity contribution is -0.904. The quantitative estimate of drug-likeness (QED) is 0.433. The Morgan fingerprint density at radius 2 is 2.19 bits per heavy atom. The Kier molecular flexibility index (Phi) is 6.76. The lowest BCUT2D eigenvalue weighted by Crippen LogP contribution is -2.29. The van der Waals surface area contributed by atoms with Crippen LogP contribution in [0.4, 0.5) is 18.9 Å². The maximum atomic E-state index is 12.2. The normalized spacial score (nSPS) is 11.6. The number of anilines is 1. The van der Waals surface area contributed by atoms with Gasteiger partial charge in [-0.25, -0.2) is 4.68 Å². The number of amides is 1. The summed E-state index contributed by atoms with van der Waals surface area (Å²) in [5, 5.41) is 13.6. The largest absolute Gasteiger partial charge is 0.389 e. The maximum Gasteiger partial charge on any atom is 0.389 e. The summed E-state index contributed by atoms with van der Waals surface area (Å²) >= 11 is 7.16. The van der Waals surface area contributed by atoms with Crippen molar-refractivity contribution in [2.45, 2.75) is 19.0 Å². The molecule has 2 rings (SSSR count). The van der Waals surface area contributed by atoms with Crippen LogP contribution in [0.25, 0.3) is 5.69 Å². The summed E-state index contributed by atoms with van der Waals surface area (Å²) in [6.07, 6.45) is -0.592. The van der Waals surface area contributed by atoms with Crippen molar-refractivity contribution in [2.75, 3.05) is 23.5 Å². The van der Waals surface area contributed by atoms with E-state index >= 15 is 0 Å². The van der Waals surface area contributed by atoms with Gasteiger partial charge in [0.05, 0.1) is 12.6 Å². The van der Waals surface area contributed by atoms with Crippen LogP contribution >= 0.6 is 23.4 Å². The van der Waals surface area contributed by atoms with Crippen molar-refractivity contribution in [1.29, 1.82) is 0 Å². The number of rotatable bonds is 7. The van der Waals surface area contributed by atoms with Gasteiger partial charge in [-0.3, -0.25) is 10.0 Å². The molecule has 2 aromatic heterocycles. The minimum atomic E-state index is -4.18. The van der Waals surface area contributed by atoms with E-state index < -0.39 is 12.6 Å². The second-order valence-corrected chi connectivity index (χ2v) is 6.95. The fourth-order valence-corrected chi connectivity index (χ4v) is 3.20. The van der Waals surface area contributed by atoms with E-state index in [1.54, 1.807) is 12.1 Å². The van der Waals surface area contributed by atoms with Crippen LogP contribution < -0.4 is 9.63 Å². The summed E-state index contributed by atoms with van der Waals surface area (Å²) in [5.41, 5.74) is 0.900. The van der Waals surface area contributed by atoms with Gasteiger partial charge in [-0.2, -0.15) is 30.0 Å². The Morgan fingerprint density at radius 1 is 1.46 bits per heavy atom. The summed E-state index contributed by atoms with van der Waals surface area (Å²) in [4.78, 5) is 13.5. The number of hydrogen-bond acceptors (Lipinski definition) is 4. The van der Waals surface area contributed by atoms with Gasteiger partial charge in [0.2, 0.25) is 18.3 Å². The fraction of sp³-hybridized carbons (Fsp3) is 0.400. The second-order valence-electron chi connectivity index (χ2n) is 5.37. The van der Waals surface area contributed by atoms with E-state index in [4.69, 9.17) is 11.6 Å². The molecule has 2 heterocycles. The molecule has 0 saturated heterocycles. The molecule has 142 valence electrons. The molecule has 0 saturated carbocycles. The van der Waals surface area contributed by atoms with Crippen molar-refractivity contribution in [3.05, 3.63) is 35.9 Å². The smallest absolute Gasteiger partial charge is 0.311 e. The van der Waals surface area contributed by atoms with E-state index in [0.29, 0.717) is 11.4 Å². The lowest BCUT2D eigenvalue weighted by atomic mass is 10.4. The summed E-state index contributed by atoms with van der Waals surface area (Å²) in [6.45, 7) is 0. The molecular weight excluding hydrogens is 393 g/mol. The summed E-state index contributed by atoms with van der Waals surface area (Å²) in [7, 11) is 1.52. The predicted molar refractivity (Wildman–Crippen MR) is 92.0 cm³/mol. The van der Waals surface area contributed by atoms with Gasteiger partial charge in [-0.15, -0.1) is 0 Å². The molecule has 0 unspecified atom stereocenters. The molecule has 0 spiro atoms. The van der Waals surface area contributed by atoms with E-state index in [1.807, 2.05) is 0 Å². The minimum absolute atomic E-state index is 0.0750. The summed E-state index contributed by atoms with van der Waals surface area (Å²) in [6, 6.07) is 3.30. The Bertz CT molecular complexity index is 770. The molecule has 0 aromatic carbocycles. The SMILES string of the molecule is CN(C(=O)CCSCCC(F)(F)F)c1cn(-c2ccc[n+](O)c2)nc1Cl. The van der Waals surface area contributed by atoms with E-state index in [2.05, 4.69) is 5.10 Å². The zero-order valence-corrected chi connectivity index (χ0v) is 15.4. The third-order valence-electron chi connectivity index (χ3n) is 3.41. The highest BCUT2D eigenvalue weighted by atomic mass is 35.5. The topological polar surface area (TPSA) is 62.2 Å². The Morgan fingerprint density at radius 3 is 2.85 bits per heavy atom. The molecule has 0 bridgehead atoms. The van der Waals surface area contributed by atoms with E-state index in [1.165, 1.54) is 35.2 Å². The first-order chi connectivity index (χ1) is 12.2. The van der Waals surface area contributed by atoms with E-state index in [0.717, 1.165) is 16.5 Å². The lowest BCUT2D eigenvalue weighted by Gasteiger charge is -2.15. The van der Waals surface area contributed by atoms with Crippen molar-refractivity contribution in [3.63, 3.8) is 0 Å². The number of halogens is 4. The number of thioether (sulfide) groups is 1. The third-order valence-corrected chi connectivity index (χ3v) is 4.67. The highest BCUT2D eigenvalue weighted by Gasteiger charge is 2.26. The maximum absolute atomic E-state index is 12.2. The molecule has 0 atom stereocenters. The van der Waals surface area contributed by atoms with Crippen LogP contribution in [0, 0.1) is 0 Å². The van der Waals surface area contributed by atoms with Crippen LogP contribution in [-0.4, -0.2) is 45.6 Å². The predicted octanol–water partition coefficient (Wildman–Crippen LogP) is 3.09. The Hall–Kier alpha value is -1.94. The van der Waals surface area contributed by atoms with Crippen LogP contribution in [0.2, 0.25) is 5.15 Å². The first-order valence-electron chi connectivity index (χ1n) is 7.54. The molecular formula is C15H17ClF3N4O2S+. The van der Waals surface area contributed by atoms with Crippen molar-refractivity contribution in [2.24, 2.45) is 0 Å². The highest BCUT2D eigenvalue weighted by Crippen LogP contribution is 2.26. The number of pyridine rings is 1. The average Bonchev–Trinajstić information content (AvgIpc) is 2.94. The Labute approximate surface area is 157 Å². The van der Waals surface area contributed by atoms with Crippen molar-refractivity contribution in [3.8, 4) is 5.69 Å². The van der Waals surface area contributed by atoms with Gasteiger partial charge in [0.15, 0.2) is 5.15 Å². The molecule has 2 aromatic rings. The average molecular weight is 410 g/mol. The second kappa shape index (κ2) is 8.63. The van der Waals surface area contributed by atoms with Gasteiger partial charge < -0.3 is 4.90 Å². The molecule has 0 aliphatic rings. The number of carbonyl (C=O) groups is 1. The molecule has 0 fully saturated rings. The van der Waals surface area contributed by atoms with Crippen LogP contribution in [0.3, 0.4) is 0 Å². The van der Waals surface area contributed by atoms with E-state index in [9.17, 15) is 23.2 Å². The van der Waals surface area contributed by atoms with Gasteiger partial charge in [-0.1, -0.05) is 11.6 Å². The fourth-order valence-electron chi connectivity index (χ4n) is 2.04. The van der Waals surface area contributed by atoms with Crippen molar-refractivity contribution < 1.29 is 27.9 Å². The molecule has 0 aliphatic heterocycles. The van der Waals surface area contributed by atoms with Crippen LogP contribution in [0.15, 0.2) is 30.7 Å². The van der Waals surface area contributed by atoms with Crippen LogP contribution in [-0.2, 0) is 4.79 Å². The summed E-state index contributed by atoms with van der Waals surface area (Å²) < 4.78 is 38.5. The van der Waals surface area contributed by atoms with Gasteiger partial charge in [-0.05, 0) is 6.07 Å². The first-order valence-corrected chi connectivity index (χ1v) is 9.08. The first kappa shape index (κ1) is 20.4. The minimum Gasteiger partial charge on any atom is -0.311 e. The van der Waals surface area contributed by atoms with Gasteiger partial charge in [0.25, 0.3) is 0 Å². The summed E-state index contributed by atoms with van der Waals surface area (Å²) in [5.74, 6) is -0.0704. The number of hydrogen-bond donors (Lipinski definition) is 1. The van der Waals surface area contributed by atoms with Gasteiger partial charge in [0.1, 0.15) is 11.4 Å². The number of carbonyl (C=O) groups excluding carboxylic acids is 1. The highest BCUT2D eigenvalue weighted by molar-refractivity contribution is 7.99. The molecule has 6 nitrogen and oxygen atoms in total. The van der Waals surface area contributed by atoms with Crippen LogP contribution in [0.1, 0.15) is 12.8 Å². The standard InChI is InChI=1S/C15H17ClF3N4O2S/c1-21(13(24)4-7-26-8-5-15(17,18)19)12-10-23(20-14(12)16)11-3-2-6-22(25)9-11/h2-3,6,9-10,25H,4-5,7-8H2,1H3/q+1. The number of nitrogens with zero attached hydrogens (tertiary/aromatic N) is 4. The number of alkyl halides is 3. The Balaban J connectivity index is 1.94. The van der Waals surface area contributed by atoms with Crippen LogP contribution in [0.5, 0.6) is 0 Å². The molecule has 1 N–H and O–H groups in total. The van der Waals surface area contributed by atoms with Gasteiger partial charge in [0, 0.05) is 35.8 Å². The molecule has 1 amide bonds. The zero-order valence-electron chi connectivity index (χ0n) is 13.8. The number of aromatic nitrogens is 3.